The van der Waals surface area contributed by atoms with Crippen LogP contribution >= 0.6 is 0 Å². The first kappa shape index (κ1) is 15.0. The van der Waals surface area contributed by atoms with E-state index in [-0.39, 0.29) is 23.8 Å². The van der Waals surface area contributed by atoms with E-state index in [1.54, 1.807) is 0 Å². The number of anilines is 2. The van der Waals surface area contributed by atoms with Gasteiger partial charge in [0.2, 0.25) is 0 Å². The number of nitrogens with one attached hydrogen (secondary N) is 2. The Hall–Kier alpha value is -1.43. The summed E-state index contributed by atoms with van der Waals surface area (Å²) in [5.74, 6) is -1.22. The van der Waals surface area contributed by atoms with E-state index in [1.807, 2.05) is 13.8 Å². The third kappa shape index (κ3) is 3.56. The van der Waals surface area contributed by atoms with Crippen molar-refractivity contribution in [3.8, 4) is 0 Å². The SMILES string of the molecule is CCCNc1nc(NC(C)C2CCCO2)c(F)cc1F. The van der Waals surface area contributed by atoms with Gasteiger partial charge in [0, 0.05) is 19.2 Å². The van der Waals surface area contributed by atoms with Crippen LogP contribution in [0, 0.1) is 11.6 Å². The Morgan fingerprint density at radius 3 is 2.80 bits per heavy atom. The number of rotatable bonds is 6. The van der Waals surface area contributed by atoms with Gasteiger partial charge >= 0.3 is 0 Å². The van der Waals surface area contributed by atoms with Gasteiger partial charge in [-0.1, -0.05) is 6.92 Å². The summed E-state index contributed by atoms with van der Waals surface area (Å²) in [6, 6.07) is 0.791. The number of hydrogen-bond acceptors (Lipinski definition) is 4. The van der Waals surface area contributed by atoms with Crippen molar-refractivity contribution < 1.29 is 13.5 Å². The highest BCUT2D eigenvalue weighted by atomic mass is 19.1. The van der Waals surface area contributed by atoms with Crippen LogP contribution in [0.1, 0.15) is 33.1 Å². The minimum absolute atomic E-state index is 0.0494. The van der Waals surface area contributed by atoms with Crippen LogP contribution in [0.2, 0.25) is 0 Å². The molecule has 112 valence electrons. The fraction of sp³-hybridized carbons (Fsp3) is 0.643. The normalized spacial score (nSPS) is 19.9. The highest BCUT2D eigenvalue weighted by Crippen LogP contribution is 2.22. The van der Waals surface area contributed by atoms with Gasteiger partial charge in [0.05, 0.1) is 12.1 Å². The van der Waals surface area contributed by atoms with Crippen molar-refractivity contribution >= 4 is 11.6 Å². The van der Waals surface area contributed by atoms with Gasteiger partial charge in [-0.3, -0.25) is 0 Å². The molecule has 2 N–H and O–H groups in total. The Kier molecular flexibility index (Phi) is 5.11. The average molecular weight is 285 g/mol. The molecule has 2 atom stereocenters. The van der Waals surface area contributed by atoms with Gasteiger partial charge in [0.15, 0.2) is 23.3 Å². The lowest BCUT2D eigenvalue weighted by Crippen LogP contribution is -2.31. The van der Waals surface area contributed by atoms with Crippen molar-refractivity contribution in [1.29, 1.82) is 0 Å². The third-order valence-corrected chi connectivity index (χ3v) is 3.36. The lowest BCUT2D eigenvalue weighted by molar-refractivity contribution is 0.0995. The molecule has 1 aromatic heterocycles. The second-order valence-corrected chi connectivity index (χ2v) is 5.06. The summed E-state index contributed by atoms with van der Waals surface area (Å²) in [7, 11) is 0. The predicted molar refractivity (Wildman–Crippen MR) is 75.0 cm³/mol. The van der Waals surface area contributed by atoms with E-state index in [9.17, 15) is 8.78 Å². The van der Waals surface area contributed by atoms with Crippen LogP contribution in [0.25, 0.3) is 0 Å². The maximum Gasteiger partial charge on any atom is 0.168 e. The third-order valence-electron chi connectivity index (χ3n) is 3.36. The maximum absolute atomic E-state index is 13.8. The highest BCUT2D eigenvalue weighted by molar-refractivity contribution is 5.48. The summed E-state index contributed by atoms with van der Waals surface area (Å²) in [4.78, 5) is 3.99. The minimum atomic E-state index is -0.686. The van der Waals surface area contributed by atoms with Gasteiger partial charge in [-0.05, 0) is 26.2 Å². The molecule has 4 nitrogen and oxygen atoms in total. The summed E-state index contributed by atoms with van der Waals surface area (Å²) < 4.78 is 32.9. The lowest BCUT2D eigenvalue weighted by Gasteiger charge is -2.21. The molecule has 6 heteroatoms. The Balaban J connectivity index is 2.09. The summed E-state index contributed by atoms with van der Waals surface area (Å²) in [6.45, 7) is 5.21. The first-order chi connectivity index (χ1) is 9.61. The minimum Gasteiger partial charge on any atom is -0.376 e. The molecule has 0 saturated carbocycles. The predicted octanol–water partition coefficient (Wildman–Crippen LogP) is 3.16. The molecule has 20 heavy (non-hydrogen) atoms. The Labute approximate surface area is 117 Å². The van der Waals surface area contributed by atoms with E-state index >= 15 is 0 Å². The molecule has 1 aliphatic rings. The molecular formula is C14H21F2N3O. The molecule has 0 spiro atoms. The smallest absolute Gasteiger partial charge is 0.168 e. The largest absolute Gasteiger partial charge is 0.376 e. The molecule has 0 bridgehead atoms. The van der Waals surface area contributed by atoms with Crippen LogP contribution in [0.15, 0.2) is 6.07 Å². The van der Waals surface area contributed by atoms with Crippen LogP contribution in [0.4, 0.5) is 20.4 Å². The number of pyridine rings is 1. The van der Waals surface area contributed by atoms with Crippen LogP contribution in [0.3, 0.4) is 0 Å². The zero-order valence-corrected chi connectivity index (χ0v) is 11.9. The fourth-order valence-electron chi connectivity index (χ4n) is 2.24. The summed E-state index contributed by atoms with van der Waals surface area (Å²) in [6.07, 6.45) is 2.85. The molecule has 2 unspecified atom stereocenters. The fourth-order valence-corrected chi connectivity index (χ4v) is 2.24. The van der Waals surface area contributed by atoms with E-state index in [0.717, 1.165) is 31.9 Å². The van der Waals surface area contributed by atoms with E-state index in [4.69, 9.17) is 4.74 Å². The van der Waals surface area contributed by atoms with Crippen LogP contribution in [0.5, 0.6) is 0 Å². The van der Waals surface area contributed by atoms with Crippen molar-refractivity contribution in [1.82, 2.24) is 4.98 Å². The molecule has 2 rings (SSSR count). The first-order valence-corrected chi connectivity index (χ1v) is 7.10. The van der Waals surface area contributed by atoms with Gasteiger partial charge in [-0.25, -0.2) is 13.8 Å². The van der Waals surface area contributed by atoms with Crippen LogP contribution in [-0.2, 0) is 4.74 Å². The summed E-state index contributed by atoms with van der Waals surface area (Å²) >= 11 is 0. The zero-order chi connectivity index (χ0) is 14.5. The molecule has 1 fully saturated rings. The topological polar surface area (TPSA) is 46.2 Å². The van der Waals surface area contributed by atoms with Gasteiger partial charge in [-0.2, -0.15) is 0 Å². The monoisotopic (exact) mass is 285 g/mol. The van der Waals surface area contributed by atoms with Gasteiger partial charge in [0.1, 0.15) is 0 Å². The molecule has 2 heterocycles. The zero-order valence-electron chi connectivity index (χ0n) is 11.9. The van der Waals surface area contributed by atoms with Crippen LogP contribution < -0.4 is 10.6 Å². The number of halogens is 2. The molecule has 1 aromatic rings. The highest BCUT2D eigenvalue weighted by Gasteiger charge is 2.24. The lowest BCUT2D eigenvalue weighted by atomic mass is 10.1. The summed E-state index contributed by atoms with van der Waals surface area (Å²) in [5, 5.41) is 5.83. The molecule has 1 saturated heterocycles. The van der Waals surface area contributed by atoms with Crippen molar-refractivity contribution in [2.45, 2.75) is 45.3 Å². The second-order valence-electron chi connectivity index (χ2n) is 5.06. The van der Waals surface area contributed by atoms with E-state index < -0.39 is 11.6 Å². The van der Waals surface area contributed by atoms with Gasteiger partial charge in [-0.15, -0.1) is 0 Å². The number of hydrogen-bond donors (Lipinski definition) is 2. The molecule has 0 aromatic carbocycles. The Bertz CT molecular complexity index is 450. The van der Waals surface area contributed by atoms with Gasteiger partial charge < -0.3 is 15.4 Å². The van der Waals surface area contributed by atoms with Crippen molar-refractivity contribution in [3.05, 3.63) is 17.7 Å². The summed E-state index contributed by atoms with van der Waals surface area (Å²) in [5.41, 5.74) is 0. The molecule has 0 radical (unpaired) electrons. The number of ether oxygens (including phenoxy) is 1. The van der Waals surface area contributed by atoms with Crippen LogP contribution in [-0.4, -0.2) is 30.3 Å². The van der Waals surface area contributed by atoms with E-state index in [1.165, 1.54) is 0 Å². The van der Waals surface area contributed by atoms with Crippen molar-refractivity contribution in [2.24, 2.45) is 0 Å². The Morgan fingerprint density at radius 2 is 2.15 bits per heavy atom. The quantitative estimate of drug-likeness (QED) is 0.843. The van der Waals surface area contributed by atoms with E-state index in [0.29, 0.717) is 6.54 Å². The Morgan fingerprint density at radius 1 is 1.40 bits per heavy atom. The number of nitrogens with zero attached hydrogens (tertiary/aromatic N) is 1. The average Bonchev–Trinajstić information content (AvgIpc) is 2.94. The number of aromatic nitrogens is 1. The standard InChI is InChI=1S/C14H21F2N3O/c1-3-6-17-13-10(15)8-11(16)14(19-13)18-9(2)12-5-4-7-20-12/h8-9,12H,3-7H2,1-2H3,(H2,17,18,19). The first-order valence-electron chi connectivity index (χ1n) is 7.10. The van der Waals surface area contributed by atoms with E-state index in [2.05, 4.69) is 15.6 Å². The van der Waals surface area contributed by atoms with Gasteiger partial charge in [0.25, 0.3) is 0 Å². The molecule has 1 aliphatic heterocycles. The molecule has 0 aliphatic carbocycles. The van der Waals surface area contributed by atoms with Crippen molar-refractivity contribution in [2.75, 3.05) is 23.8 Å². The second kappa shape index (κ2) is 6.83. The molecule has 0 amide bonds. The maximum atomic E-state index is 13.8. The van der Waals surface area contributed by atoms with Crippen molar-refractivity contribution in [3.63, 3.8) is 0 Å². The molecular weight excluding hydrogens is 264 g/mol.